The molecule has 0 atom stereocenters. The molecule has 0 unspecified atom stereocenters. The van der Waals surface area contributed by atoms with Crippen LogP contribution in [0.1, 0.15) is 22.8 Å². The van der Waals surface area contributed by atoms with Gasteiger partial charge in [-0.05, 0) is 13.8 Å². The van der Waals surface area contributed by atoms with Gasteiger partial charge in [0, 0.05) is 24.8 Å². The first-order valence-electron chi connectivity index (χ1n) is 5.22. The molecule has 0 saturated carbocycles. The molecule has 0 radical (unpaired) electrons. The van der Waals surface area contributed by atoms with Crippen molar-refractivity contribution in [1.82, 2.24) is 30.3 Å². The van der Waals surface area contributed by atoms with E-state index in [4.69, 9.17) is 0 Å². The molecule has 0 fully saturated rings. The topological polar surface area (TPSA) is 71.4 Å². The second-order valence-electron chi connectivity index (χ2n) is 3.87. The maximum Gasteiger partial charge on any atom is 0.146 e. The number of aryl methyl sites for hydroxylation is 3. The minimum Gasteiger partial charge on any atom is -0.320 e. The fourth-order valence-electron chi connectivity index (χ4n) is 1.60. The van der Waals surface area contributed by atoms with Gasteiger partial charge in [-0.15, -0.1) is 10.2 Å². The normalized spacial score (nSPS) is 10.9. The molecule has 6 nitrogen and oxygen atoms in total. The molecule has 0 spiro atoms. The van der Waals surface area contributed by atoms with Gasteiger partial charge in [-0.1, -0.05) is 0 Å². The Balaban J connectivity index is 1.92. The molecule has 16 heavy (non-hydrogen) atoms. The summed E-state index contributed by atoms with van der Waals surface area (Å²) < 4.78 is 1.90. The minimum absolute atomic E-state index is 0.709. The standard InChI is InChI=1S/C10H16N6/c1-7-9(8(2)14-13-7)4-11-5-10-15-12-6-16(10)3/h6,11H,4-5H2,1-3H3,(H,13,14). The second-order valence-corrected chi connectivity index (χ2v) is 3.87. The third-order valence-electron chi connectivity index (χ3n) is 2.67. The number of aromatic amines is 1. The lowest BCUT2D eigenvalue weighted by molar-refractivity contribution is 0.634. The predicted molar refractivity (Wildman–Crippen MR) is 59.6 cm³/mol. The van der Waals surface area contributed by atoms with Gasteiger partial charge >= 0.3 is 0 Å². The van der Waals surface area contributed by atoms with Gasteiger partial charge in [0.15, 0.2) is 0 Å². The van der Waals surface area contributed by atoms with Crippen molar-refractivity contribution in [2.45, 2.75) is 26.9 Å². The summed E-state index contributed by atoms with van der Waals surface area (Å²) in [5, 5.41) is 18.3. The van der Waals surface area contributed by atoms with Crippen molar-refractivity contribution in [2.75, 3.05) is 0 Å². The van der Waals surface area contributed by atoms with E-state index in [0.29, 0.717) is 6.54 Å². The molecular formula is C10H16N6. The molecule has 2 rings (SSSR count). The molecule has 0 aliphatic rings. The van der Waals surface area contributed by atoms with Crippen LogP contribution in [0.15, 0.2) is 6.33 Å². The van der Waals surface area contributed by atoms with E-state index in [1.54, 1.807) is 6.33 Å². The SMILES string of the molecule is Cc1n[nH]c(C)c1CNCc1nncn1C. The largest absolute Gasteiger partial charge is 0.320 e. The monoisotopic (exact) mass is 220 g/mol. The zero-order valence-corrected chi connectivity index (χ0v) is 9.78. The summed E-state index contributed by atoms with van der Waals surface area (Å²) in [5.41, 5.74) is 3.38. The van der Waals surface area contributed by atoms with Crippen molar-refractivity contribution in [1.29, 1.82) is 0 Å². The molecule has 86 valence electrons. The van der Waals surface area contributed by atoms with Gasteiger partial charge in [-0.25, -0.2) is 0 Å². The lowest BCUT2D eigenvalue weighted by atomic mass is 10.2. The highest BCUT2D eigenvalue weighted by molar-refractivity contribution is 5.22. The van der Waals surface area contributed by atoms with Gasteiger partial charge in [0.1, 0.15) is 12.2 Å². The molecule has 2 N–H and O–H groups in total. The number of aromatic nitrogens is 5. The molecule has 2 aromatic heterocycles. The molecule has 0 aromatic carbocycles. The fourth-order valence-corrected chi connectivity index (χ4v) is 1.60. The van der Waals surface area contributed by atoms with Gasteiger partial charge in [0.2, 0.25) is 0 Å². The molecular weight excluding hydrogens is 204 g/mol. The van der Waals surface area contributed by atoms with Crippen molar-refractivity contribution in [2.24, 2.45) is 7.05 Å². The summed E-state index contributed by atoms with van der Waals surface area (Å²) in [7, 11) is 1.94. The van der Waals surface area contributed by atoms with Crippen LogP contribution in [0, 0.1) is 13.8 Å². The first kappa shape index (κ1) is 10.8. The van der Waals surface area contributed by atoms with E-state index in [0.717, 1.165) is 23.8 Å². The number of hydrogen-bond donors (Lipinski definition) is 2. The molecule has 0 saturated heterocycles. The summed E-state index contributed by atoms with van der Waals surface area (Å²) in [5.74, 6) is 0.929. The van der Waals surface area contributed by atoms with Crippen LogP contribution in [0.25, 0.3) is 0 Å². The number of H-pyrrole nitrogens is 1. The van der Waals surface area contributed by atoms with Crippen molar-refractivity contribution in [3.63, 3.8) is 0 Å². The first-order valence-corrected chi connectivity index (χ1v) is 5.22. The zero-order chi connectivity index (χ0) is 11.5. The Bertz CT molecular complexity index is 450. The fraction of sp³-hybridized carbons (Fsp3) is 0.500. The van der Waals surface area contributed by atoms with Crippen LogP contribution in [0.2, 0.25) is 0 Å². The smallest absolute Gasteiger partial charge is 0.146 e. The number of rotatable bonds is 4. The lowest BCUT2D eigenvalue weighted by Gasteiger charge is -2.04. The molecule has 0 amide bonds. The van der Waals surface area contributed by atoms with Crippen LogP contribution in [0.3, 0.4) is 0 Å². The summed E-state index contributed by atoms with van der Waals surface area (Å²) in [6, 6.07) is 0. The van der Waals surface area contributed by atoms with Crippen LogP contribution in [0.5, 0.6) is 0 Å². The lowest BCUT2D eigenvalue weighted by Crippen LogP contribution is -2.16. The summed E-state index contributed by atoms with van der Waals surface area (Å²) in [6.07, 6.45) is 1.70. The molecule has 0 bridgehead atoms. The van der Waals surface area contributed by atoms with Gasteiger partial charge < -0.3 is 9.88 Å². The minimum atomic E-state index is 0.709. The number of nitrogens with zero attached hydrogens (tertiary/aromatic N) is 4. The highest BCUT2D eigenvalue weighted by atomic mass is 15.3. The first-order chi connectivity index (χ1) is 7.68. The zero-order valence-electron chi connectivity index (χ0n) is 9.78. The van der Waals surface area contributed by atoms with Crippen molar-refractivity contribution >= 4 is 0 Å². The molecule has 0 aliphatic heterocycles. The maximum absolute atomic E-state index is 4.15. The molecule has 6 heteroatoms. The van der Waals surface area contributed by atoms with Gasteiger partial charge in [0.25, 0.3) is 0 Å². The van der Waals surface area contributed by atoms with E-state index in [2.05, 4.69) is 25.7 Å². The summed E-state index contributed by atoms with van der Waals surface area (Å²) in [4.78, 5) is 0. The van der Waals surface area contributed by atoms with Crippen molar-refractivity contribution < 1.29 is 0 Å². The quantitative estimate of drug-likeness (QED) is 0.784. The van der Waals surface area contributed by atoms with Crippen LogP contribution in [-0.4, -0.2) is 25.0 Å². The average Bonchev–Trinajstić information content (AvgIpc) is 2.79. The molecule has 2 aromatic rings. The van der Waals surface area contributed by atoms with E-state index < -0.39 is 0 Å². The summed E-state index contributed by atoms with van der Waals surface area (Å²) >= 11 is 0. The third kappa shape index (κ3) is 2.11. The number of hydrogen-bond acceptors (Lipinski definition) is 4. The Morgan fingerprint density at radius 1 is 1.38 bits per heavy atom. The predicted octanol–water partition coefficient (Wildman–Crippen LogP) is 0.445. The maximum atomic E-state index is 4.15. The highest BCUT2D eigenvalue weighted by Gasteiger charge is 2.06. The van der Waals surface area contributed by atoms with Gasteiger partial charge in [0.05, 0.1) is 12.2 Å². The van der Waals surface area contributed by atoms with Crippen molar-refractivity contribution in [3.05, 3.63) is 29.1 Å². The van der Waals surface area contributed by atoms with Crippen LogP contribution in [-0.2, 0) is 20.1 Å². The Hall–Kier alpha value is -1.69. The van der Waals surface area contributed by atoms with Crippen LogP contribution < -0.4 is 5.32 Å². The molecule has 2 heterocycles. The number of nitrogens with one attached hydrogen (secondary N) is 2. The van der Waals surface area contributed by atoms with E-state index in [1.165, 1.54) is 5.56 Å². The van der Waals surface area contributed by atoms with Crippen LogP contribution in [0.4, 0.5) is 0 Å². The highest BCUT2D eigenvalue weighted by Crippen LogP contribution is 2.08. The molecule has 0 aliphatic carbocycles. The van der Waals surface area contributed by atoms with E-state index in [-0.39, 0.29) is 0 Å². The van der Waals surface area contributed by atoms with Crippen molar-refractivity contribution in [3.8, 4) is 0 Å². The Labute approximate surface area is 94.1 Å². The van der Waals surface area contributed by atoms with Crippen LogP contribution >= 0.6 is 0 Å². The third-order valence-corrected chi connectivity index (χ3v) is 2.67. The second kappa shape index (κ2) is 4.44. The average molecular weight is 220 g/mol. The van der Waals surface area contributed by atoms with Gasteiger partial charge in [-0.2, -0.15) is 5.10 Å². The van der Waals surface area contributed by atoms with E-state index in [9.17, 15) is 0 Å². The van der Waals surface area contributed by atoms with E-state index >= 15 is 0 Å². The Morgan fingerprint density at radius 3 is 2.75 bits per heavy atom. The Kier molecular flexibility index (Phi) is 3.00. The van der Waals surface area contributed by atoms with Gasteiger partial charge in [-0.3, -0.25) is 5.10 Å². The van der Waals surface area contributed by atoms with E-state index in [1.807, 2.05) is 25.5 Å². The summed E-state index contributed by atoms with van der Waals surface area (Å²) in [6.45, 7) is 5.53. The Morgan fingerprint density at radius 2 is 2.19 bits per heavy atom.